The summed E-state index contributed by atoms with van der Waals surface area (Å²) in [7, 11) is 5.77. The fourth-order valence-electron chi connectivity index (χ4n) is 1.38. The first-order valence-corrected chi connectivity index (χ1v) is 6.96. The average Bonchev–Trinajstić information content (AvgIpc) is 2.38. The summed E-state index contributed by atoms with van der Waals surface area (Å²) in [5.41, 5.74) is 1.60. The number of likely N-dealkylation sites (N-methyl/N-ethyl adjacent to an activating group) is 1. The van der Waals surface area contributed by atoms with Gasteiger partial charge in [-0.3, -0.25) is 4.90 Å². The van der Waals surface area contributed by atoms with Crippen LogP contribution in [0.4, 0.5) is 5.69 Å². The normalized spacial score (nSPS) is 10.9. The van der Waals surface area contributed by atoms with Crippen molar-refractivity contribution in [3.63, 3.8) is 0 Å². The Kier molecular flexibility index (Phi) is 6.54. The lowest BCUT2D eigenvalue weighted by Crippen LogP contribution is -2.27. The van der Waals surface area contributed by atoms with Gasteiger partial charge in [-0.05, 0) is 31.3 Å². The number of ether oxygens (including phenoxy) is 1. The second-order valence-corrected chi connectivity index (χ2v) is 5.79. The molecule has 0 amide bonds. The molecule has 0 heterocycles. The van der Waals surface area contributed by atoms with Crippen molar-refractivity contribution in [2.45, 2.75) is 4.71 Å². The van der Waals surface area contributed by atoms with E-state index in [2.05, 4.69) is 25.3 Å². The fraction of sp³-hybridized carbons (Fsp3) is 0.462. The van der Waals surface area contributed by atoms with Gasteiger partial charge in [0.2, 0.25) is 0 Å². The summed E-state index contributed by atoms with van der Waals surface area (Å²) in [6, 6.07) is 7.31. The van der Waals surface area contributed by atoms with Crippen LogP contribution >= 0.6 is 25.3 Å². The Balaban J connectivity index is 2.45. The summed E-state index contributed by atoms with van der Waals surface area (Å²) in [5, 5.41) is 0. The highest BCUT2D eigenvalue weighted by atomic mass is 32.2. The highest BCUT2D eigenvalue weighted by Gasteiger charge is 2.09. The highest BCUT2D eigenvalue weighted by Crippen LogP contribution is 2.13. The Labute approximate surface area is 125 Å². The van der Waals surface area contributed by atoms with Crippen molar-refractivity contribution in [3.8, 4) is 0 Å². The molecule has 1 rings (SSSR count). The first-order valence-electron chi connectivity index (χ1n) is 5.92. The molecule has 0 aliphatic heterocycles. The van der Waals surface area contributed by atoms with Crippen LogP contribution in [0.5, 0.6) is 0 Å². The lowest BCUT2D eigenvalue weighted by Gasteiger charge is -2.19. The first-order chi connectivity index (χ1) is 8.91. The number of thiol groups is 2. The number of hydrogen-bond acceptors (Lipinski definition) is 6. The van der Waals surface area contributed by atoms with Crippen LogP contribution in [0.3, 0.4) is 0 Å². The maximum absolute atomic E-state index is 11.8. The summed E-state index contributed by atoms with van der Waals surface area (Å²) in [6.45, 7) is 0.918. The molecule has 6 heteroatoms. The summed E-state index contributed by atoms with van der Waals surface area (Å²) in [6.07, 6.45) is 0. The van der Waals surface area contributed by atoms with E-state index in [0.29, 0.717) is 18.7 Å². The predicted octanol–water partition coefficient (Wildman–Crippen LogP) is 1.98. The van der Waals surface area contributed by atoms with E-state index >= 15 is 0 Å². The van der Waals surface area contributed by atoms with Crippen LogP contribution in [0.1, 0.15) is 10.4 Å². The Morgan fingerprint density at radius 3 is 2.26 bits per heavy atom. The highest BCUT2D eigenvalue weighted by molar-refractivity contribution is 7.99. The van der Waals surface area contributed by atoms with Crippen molar-refractivity contribution in [2.75, 3.05) is 39.2 Å². The van der Waals surface area contributed by atoms with Gasteiger partial charge in [0, 0.05) is 26.3 Å². The molecule has 0 aliphatic carbocycles. The van der Waals surface area contributed by atoms with Crippen LogP contribution in [-0.2, 0) is 4.74 Å². The van der Waals surface area contributed by atoms with Crippen molar-refractivity contribution in [1.82, 2.24) is 4.90 Å². The number of nitrogens with zero attached hydrogens (tertiary/aromatic N) is 2. The van der Waals surface area contributed by atoms with Crippen LogP contribution in [0.2, 0.25) is 0 Å². The van der Waals surface area contributed by atoms with Crippen molar-refractivity contribution in [2.24, 2.45) is 0 Å². The van der Waals surface area contributed by atoms with Gasteiger partial charge in [-0.15, -0.1) is 25.3 Å². The molecule has 0 N–H and O–H groups in total. The average molecular weight is 300 g/mol. The number of hydrogen-bond donors (Lipinski definition) is 2. The molecule has 1 aromatic carbocycles. The molecule has 0 atom stereocenters. The predicted molar refractivity (Wildman–Crippen MR) is 85.4 cm³/mol. The fourth-order valence-corrected chi connectivity index (χ4v) is 1.61. The summed E-state index contributed by atoms with van der Waals surface area (Å²) in [4.78, 5) is 15.6. The van der Waals surface area contributed by atoms with E-state index in [1.807, 2.05) is 43.1 Å². The largest absolute Gasteiger partial charge is 0.461 e. The molecule has 0 bridgehead atoms. The van der Waals surface area contributed by atoms with Gasteiger partial charge in [-0.2, -0.15) is 0 Å². The quantitative estimate of drug-likeness (QED) is 0.478. The molecule has 106 valence electrons. The van der Waals surface area contributed by atoms with E-state index in [-0.39, 0.29) is 10.7 Å². The van der Waals surface area contributed by atoms with Crippen molar-refractivity contribution < 1.29 is 9.53 Å². The Hall–Kier alpha value is -0.850. The SMILES string of the molecule is CN(C)c1ccc(C(=O)OCCN(C)C(S)S)cc1. The third-order valence-electron chi connectivity index (χ3n) is 2.69. The monoisotopic (exact) mass is 300 g/mol. The number of esters is 1. The zero-order chi connectivity index (χ0) is 14.4. The zero-order valence-corrected chi connectivity index (χ0v) is 13.2. The molecular formula is C13H20N2O2S2. The smallest absolute Gasteiger partial charge is 0.338 e. The third-order valence-corrected chi connectivity index (χ3v) is 3.48. The molecule has 0 radical (unpaired) electrons. The van der Waals surface area contributed by atoms with Gasteiger partial charge < -0.3 is 9.64 Å². The molecule has 0 aromatic heterocycles. The molecule has 0 spiro atoms. The lowest BCUT2D eigenvalue weighted by atomic mass is 10.2. The second-order valence-electron chi connectivity index (χ2n) is 4.40. The minimum Gasteiger partial charge on any atom is -0.461 e. The molecule has 0 aliphatic rings. The van der Waals surface area contributed by atoms with E-state index in [9.17, 15) is 4.79 Å². The molecule has 0 unspecified atom stereocenters. The molecule has 0 fully saturated rings. The Morgan fingerprint density at radius 2 is 1.79 bits per heavy atom. The maximum atomic E-state index is 11.8. The van der Waals surface area contributed by atoms with Gasteiger partial charge in [0.15, 0.2) is 0 Å². The van der Waals surface area contributed by atoms with Crippen molar-refractivity contribution in [1.29, 1.82) is 0 Å². The van der Waals surface area contributed by atoms with Crippen LogP contribution in [0.25, 0.3) is 0 Å². The molecule has 0 saturated carbocycles. The number of rotatable bonds is 6. The summed E-state index contributed by atoms with van der Waals surface area (Å²) >= 11 is 8.33. The lowest BCUT2D eigenvalue weighted by molar-refractivity contribution is 0.0477. The van der Waals surface area contributed by atoms with Crippen LogP contribution in [0, 0.1) is 0 Å². The zero-order valence-electron chi connectivity index (χ0n) is 11.4. The standard InChI is InChI=1S/C13H20N2O2S2/c1-14(2)11-6-4-10(5-7-11)12(16)17-9-8-15(3)13(18)19/h4-7,13,18-19H,8-9H2,1-3H3. The number of benzene rings is 1. The molecule has 0 saturated heterocycles. The van der Waals surface area contributed by atoms with E-state index in [0.717, 1.165) is 5.69 Å². The van der Waals surface area contributed by atoms with Crippen molar-refractivity contribution >= 4 is 36.9 Å². The molecular weight excluding hydrogens is 280 g/mol. The summed E-state index contributed by atoms with van der Waals surface area (Å²) < 4.78 is 5.03. The first kappa shape index (κ1) is 16.2. The Bertz CT molecular complexity index is 408. The van der Waals surface area contributed by atoms with Gasteiger partial charge in [0.25, 0.3) is 0 Å². The molecule has 19 heavy (non-hydrogen) atoms. The minimum absolute atomic E-state index is 0.155. The van der Waals surface area contributed by atoms with Crippen LogP contribution in [0.15, 0.2) is 24.3 Å². The third kappa shape index (κ3) is 5.34. The van der Waals surface area contributed by atoms with Gasteiger partial charge in [-0.1, -0.05) is 0 Å². The van der Waals surface area contributed by atoms with Gasteiger partial charge in [-0.25, -0.2) is 4.79 Å². The van der Waals surface area contributed by atoms with Gasteiger partial charge in [0.1, 0.15) is 6.61 Å². The summed E-state index contributed by atoms with van der Waals surface area (Å²) in [5.74, 6) is -0.311. The maximum Gasteiger partial charge on any atom is 0.338 e. The minimum atomic E-state index is -0.311. The van der Waals surface area contributed by atoms with E-state index in [1.165, 1.54) is 0 Å². The van der Waals surface area contributed by atoms with E-state index in [4.69, 9.17) is 4.74 Å². The number of carbonyl (C=O) groups excluding carboxylic acids is 1. The van der Waals surface area contributed by atoms with Crippen LogP contribution in [-0.4, -0.2) is 49.9 Å². The molecule has 1 aromatic rings. The van der Waals surface area contributed by atoms with Crippen molar-refractivity contribution in [3.05, 3.63) is 29.8 Å². The van der Waals surface area contributed by atoms with E-state index < -0.39 is 0 Å². The van der Waals surface area contributed by atoms with Gasteiger partial charge in [0.05, 0.1) is 10.3 Å². The van der Waals surface area contributed by atoms with Gasteiger partial charge >= 0.3 is 5.97 Å². The second kappa shape index (κ2) is 7.67. The topological polar surface area (TPSA) is 32.8 Å². The molecule has 4 nitrogen and oxygen atoms in total. The number of carbonyl (C=O) groups is 1. The van der Waals surface area contributed by atoms with Crippen LogP contribution < -0.4 is 4.90 Å². The van der Waals surface area contributed by atoms with E-state index in [1.54, 1.807) is 12.1 Å². The number of anilines is 1. The Morgan fingerprint density at radius 1 is 1.21 bits per heavy atom.